The van der Waals surface area contributed by atoms with Crippen molar-refractivity contribution in [3.63, 3.8) is 0 Å². The van der Waals surface area contributed by atoms with Crippen molar-refractivity contribution in [3.05, 3.63) is 190 Å². The maximum atomic E-state index is 15.6. The molecular weight excluding hydrogens is 571 g/mol. The zero-order valence-corrected chi connectivity index (χ0v) is 26.2. The Morgan fingerprint density at radius 2 is 0.957 bits per heavy atom. The lowest BCUT2D eigenvalue weighted by Gasteiger charge is -2.32. The molecule has 1 amide bonds. The molecule has 1 aliphatic heterocycles. The smallest absolute Gasteiger partial charge is 0.242 e. The van der Waals surface area contributed by atoms with Gasteiger partial charge in [0.2, 0.25) is 5.91 Å². The Morgan fingerprint density at radius 3 is 1.47 bits per heavy atom. The number of fused-ring (bicyclic) bond motifs is 9. The van der Waals surface area contributed by atoms with E-state index in [1.165, 1.54) is 72.3 Å². The molecule has 1 fully saturated rings. The molecule has 0 spiro atoms. The van der Waals surface area contributed by atoms with E-state index in [-0.39, 0.29) is 11.9 Å². The first-order valence-electron chi connectivity index (χ1n) is 16.7. The molecule has 47 heavy (non-hydrogen) atoms. The van der Waals surface area contributed by atoms with Crippen LogP contribution < -0.4 is 0 Å². The van der Waals surface area contributed by atoms with Gasteiger partial charge >= 0.3 is 0 Å². The molecule has 1 atom stereocenters. The normalized spacial score (nSPS) is 17.5. The van der Waals surface area contributed by atoms with Crippen molar-refractivity contribution in [2.24, 2.45) is 0 Å². The second-order valence-electron chi connectivity index (χ2n) is 13.6. The highest BCUT2D eigenvalue weighted by molar-refractivity contribution is 5.99. The minimum atomic E-state index is -0.867. The van der Waals surface area contributed by atoms with Crippen molar-refractivity contribution in [2.75, 3.05) is 0 Å². The first kappa shape index (κ1) is 26.7. The van der Waals surface area contributed by atoms with Crippen LogP contribution in [0.2, 0.25) is 0 Å². The minimum Gasteiger partial charge on any atom is -0.311 e. The lowest BCUT2D eigenvalue weighted by molar-refractivity contribution is -0.130. The number of benzene rings is 6. The largest absolute Gasteiger partial charge is 0.311 e. The standard InChI is InChI=1S/C45H33NO/c1-2-46-43(37-21-9-18-34-31-15-6-3-12-28(31)24-38(34)37)27-45(44(46)47,41-22-10-19-35-32-16-7-4-13-29(32)25-39(35)41)42-23-11-20-36-33-17-8-5-14-30(33)26-40(36)42/h2-23,43H,1,24-27H2. The summed E-state index contributed by atoms with van der Waals surface area (Å²) in [4.78, 5) is 17.5. The van der Waals surface area contributed by atoms with Crippen molar-refractivity contribution in [1.29, 1.82) is 0 Å². The van der Waals surface area contributed by atoms with Crippen LogP contribution in [0.3, 0.4) is 0 Å². The predicted molar refractivity (Wildman–Crippen MR) is 189 cm³/mol. The Bertz CT molecular complexity index is 2230. The summed E-state index contributed by atoms with van der Waals surface area (Å²) in [7, 11) is 0. The Hall–Kier alpha value is -5.47. The van der Waals surface area contributed by atoms with Crippen molar-refractivity contribution >= 4 is 5.91 Å². The van der Waals surface area contributed by atoms with E-state index in [9.17, 15) is 0 Å². The average molecular weight is 604 g/mol. The SMILES string of the molecule is C=CN1C(=O)C(c2cccc3c2Cc2ccccc2-3)(c2cccc3c2Cc2ccccc2-3)CC1c1cccc2c1Cc1ccccc1-2. The lowest BCUT2D eigenvalue weighted by Crippen LogP contribution is -2.38. The number of rotatable bonds is 4. The minimum absolute atomic E-state index is 0.124. The molecule has 0 bridgehead atoms. The van der Waals surface area contributed by atoms with Gasteiger partial charge in [-0.1, -0.05) is 134 Å². The van der Waals surface area contributed by atoms with Crippen LogP contribution in [0, 0.1) is 0 Å². The quantitative estimate of drug-likeness (QED) is 0.196. The number of likely N-dealkylation sites (tertiary alicyclic amines) is 1. The fourth-order valence-corrected chi connectivity index (χ4v) is 9.51. The average Bonchev–Trinajstić information content (AvgIpc) is 3.87. The number of hydrogen-bond donors (Lipinski definition) is 0. The number of carbonyl (C=O) groups excluding carboxylic acids is 1. The first-order chi connectivity index (χ1) is 23.2. The fourth-order valence-electron chi connectivity index (χ4n) is 9.51. The number of hydrogen-bond acceptors (Lipinski definition) is 1. The molecule has 4 aliphatic rings. The van der Waals surface area contributed by atoms with E-state index in [1.807, 2.05) is 4.90 Å². The summed E-state index contributed by atoms with van der Waals surface area (Å²) in [5, 5.41) is 0. The van der Waals surface area contributed by atoms with Crippen LogP contribution in [0.1, 0.15) is 62.5 Å². The van der Waals surface area contributed by atoms with Gasteiger partial charge in [-0.05, 0) is 109 Å². The van der Waals surface area contributed by atoms with Crippen LogP contribution in [-0.2, 0) is 29.5 Å². The number of carbonyl (C=O) groups is 1. The zero-order chi connectivity index (χ0) is 31.3. The van der Waals surface area contributed by atoms with E-state index < -0.39 is 5.41 Å². The molecule has 2 nitrogen and oxygen atoms in total. The molecular formula is C45H33NO. The second-order valence-corrected chi connectivity index (χ2v) is 13.6. The highest BCUT2D eigenvalue weighted by atomic mass is 16.2. The van der Waals surface area contributed by atoms with Crippen LogP contribution in [0.5, 0.6) is 0 Å². The highest BCUT2D eigenvalue weighted by Crippen LogP contribution is 2.57. The Kier molecular flexibility index (Phi) is 5.55. The van der Waals surface area contributed by atoms with Gasteiger partial charge in [0.1, 0.15) is 5.41 Å². The molecule has 3 aliphatic carbocycles. The van der Waals surface area contributed by atoms with Gasteiger partial charge < -0.3 is 4.90 Å². The van der Waals surface area contributed by atoms with Gasteiger partial charge in [-0.2, -0.15) is 0 Å². The fraction of sp³-hybridized carbons (Fsp3) is 0.133. The van der Waals surface area contributed by atoms with Crippen LogP contribution in [0.25, 0.3) is 33.4 Å². The van der Waals surface area contributed by atoms with Crippen molar-refractivity contribution in [1.82, 2.24) is 4.90 Å². The molecule has 0 radical (unpaired) electrons. The van der Waals surface area contributed by atoms with E-state index in [0.29, 0.717) is 6.42 Å². The van der Waals surface area contributed by atoms with Gasteiger partial charge in [0.05, 0.1) is 6.04 Å². The molecule has 1 saturated heterocycles. The summed E-state index contributed by atoms with van der Waals surface area (Å²) in [6.45, 7) is 4.27. The van der Waals surface area contributed by atoms with Gasteiger partial charge in [0, 0.05) is 6.20 Å². The molecule has 10 rings (SSSR count). The van der Waals surface area contributed by atoms with Crippen molar-refractivity contribution in [2.45, 2.75) is 37.1 Å². The van der Waals surface area contributed by atoms with Gasteiger partial charge in [0.25, 0.3) is 0 Å². The van der Waals surface area contributed by atoms with Gasteiger partial charge in [0.15, 0.2) is 0 Å². The maximum Gasteiger partial charge on any atom is 0.242 e. The molecule has 224 valence electrons. The van der Waals surface area contributed by atoms with E-state index in [0.717, 1.165) is 30.4 Å². The summed E-state index contributed by atoms with van der Waals surface area (Å²) in [6, 6.07) is 46.1. The van der Waals surface area contributed by atoms with Crippen molar-refractivity contribution in [3.8, 4) is 33.4 Å². The summed E-state index contributed by atoms with van der Waals surface area (Å²) in [5.41, 5.74) is 18.3. The van der Waals surface area contributed by atoms with E-state index >= 15 is 4.79 Å². The van der Waals surface area contributed by atoms with Gasteiger partial charge in [-0.3, -0.25) is 4.79 Å². The molecule has 0 N–H and O–H groups in total. The van der Waals surface area contributed by atoms with Gasteiger partial charge in [-0.25, -0.2) is 0 Å². The summed E-state index contributed by atoms with van der Waals surface area (Å²) >= 11 is 0. The van der Waals surface area contributed by atoms with Crippen LogP contribution in [0.4, 0.5) is 0 Å². The van der Waals surface area contributed by atoms with Crippen LogP contribution in [-0.4, -0.2) is 10.8 Å². The van der Waals surface area contributed by atoms with Crippen LogP contribution in [0.15, 0.2) is 140 Å². The molecule has 2 heteroatoms. The summed E-state index contributed by atoms with van der Waals surface area (Å²) in [5.74, 6) is 0.124. The maximum absolute atomic E-state index is 15.6. The zero-order valence-electron chi connectivity index (χ0n) is 26.2. The molecule has 6 aromatic carbocycles. The van der Waals surface area contributed by atoms with E-state index in [2.05, 4.69) is 134 Å². The Labute approximate surface area is 275 Å². The summed E-state index contributed by atoms with van der Waals surface area (Å²) in [6.07, 6.45) is 5.01. The Balaban J connectivity index is 1.22. The highest BCUT2D eigenvalue weighted by Gasteiger charge is 2.56. The monoisotopic (exact) mass is 603 g/mol. The third-order valence-electron chi connectivity index (χ3n) is 11.5. The molecule has 0 saturated carbocycles. The molecule has 0 aromatic heterocycles. The van der Waals surface area contributed by atoms with Gasteiger partial charge in [-0.15, -0.1) is 0 Å². The summed E-state index contributed by atoms with van der Waals surface area (Å²) < 4.78 is 0. The predicted octanol–water partition coefficient (Wildman–Crippen LogP) is 9.80. The number of amides is 1. The topological polar surface area (TPSA) is 20.3 Å². The third-order valence-corrected chi connectivity index (χ3v) is 11.5. The van der Waals surface area contributed by atoms with Crippen molar-refractivity contribution < 1.29 is 4.79 Å². The number of nitrogens with zero attached hydrogens (tertiary/aromatic N) is 1. The Morgan fingerprint density at radius 1 is 0.532 bits per heavy atom. The van der Waals surface area contributed by atoms with E-state index in [1.54, 1.807) is 6.20 Å². The third kappa shape index (κ3) is 3.53. The lowest BCUT2D eigenvalue weighted by atomic mass is 9.67. The molecule has 1 unspecified atom stereocenters. The molecule has 6 aromatic rings. The van der Waals surface area contributed by atoms with E-state index in [4.69, 9.17) is 0 Å². The molecule has 1 heterocycles. The second kappa shape index (κ2) is 9.77. The first-order valence-corrected chi connectivity index (χ1v) is 16.7. The van der Waals surface area contributed by atoms with Crippen LogP contribution >= 0.6 is 0 Å².